The molecule has 0 heterocycles. The van der Waals surface area contributed by atoms with Gasteiger partial charge in [-0.05, 0) is 76.0 Å². The Kier molecular flexibility index (Phi) is 13.2. The first-order valence-electron chi connectivity index (χ1n) is 10.5. The molecule has 0 atom stereocenters. The highest BCUT2D eigenvalue weighted by atomic mass is 16.1. The average Bonchev–Trinajstić information content (AvgIpc) is 3.11. The van der Waals surface area contributed by atoms with E-state index in [9.17, 15) is 9.59 Å². The monoisotopic (exact) mass is 381 g/mol. The van der Waals surface area contributed by atoms with E-state index < -0.39 is 0 Å². The molecule has 3 heteroatoms. The largest absolute Gasteiger partial charge is 0.356 e. The van der Waals surface area contributed by atoms with Crippen molar-refractivity contribution in [3.63, 3.8) is 0 Å². The van der Waals surface area contributed by atoms with Crippen molar-refractivity contribution < 1.29 is 9.59 Å². The Morgan fingerprint density at radius 2 is 1.89 bits per heavy atom. The van der Waals surface area contributed by atoms with E-state index >= 15 is 0 Å². The Morgan fingerprint density at radius 1 is 1.11 bits per heavy atom. The normalized spacial score (nSPS) is 14.4. The predicted molar refractivity (Wildman–Crippen MR) is 118 cm³/mol. The van der Waals surface area contributed by atoms with E-state index in [1.54, 1.807) is 6.08 Å². The molecule has 0 saturated carbocycles. The summed E-state index contributed by atoms with van der Waals surface area (Å²) in [5, 5.41) is 2.76. The third kappa shape index (κ3) is 11.3. The smallest absolute Gasteiger partial charge is 0.219 e. The van der Waals surface area contributed by atoms with Gasteiger partial charge in [-0.15, -0.1) is 0 Å². The SMILES string of the molecule is C/C=C\CCCC(=O)NCC.O=C1C=CC/C1=C\CCCCc1ccccc1. The fraction of sp³-hybridized carbons (Fsp3) is 0.440. The first-order chi connectivity index (χ1) is 13.7. The number of ketones is 1. The lowest BCUT2D eigenvalue weighted by molar-refractivity contribution is -0.121. The summed E-state index contributed by atoms with van der Waals surface area (Å²) in [7, 11) is 0. The standard InChI is InChI=1S/C16H18O.C9H17NO/c17-16-13-7-12-15(16)11-6-2-5-10-14-8-3-1-4-9-14;1-3-5-6-7-8-9(11)10-4-2/h1,3-4,7-9,11,13H,2,5-6,10,12H2;3,5H,4,6-8H2,1-2H3,(H,10,11)/b15-11+;5-3-. The number of carbonyl (C=O) groups is 2. The number of hydrogen-bond donors (Lipinski definition) is 1. The maximum Gasteiger partial charge on any atom is 0.219 e. The third-order valence-corrected chi connectivity index (χ3v) is 4.46. The molecular weight excluding hydrogens is 346 g/mol. The lowest BCUT2D eigenvalue weighted by Crippen LogP contribution is -2.21. The molecule has 2 rings (SSSR count). The molecule has 1 N–H and O–H groups in total. The molecule has 1 amide bonds. The van der Waals surface area contributed by atoms with Gasteiger partial charge >= 0.3 is 0 Å². The van der Waals surface area contributed by atoms with Gasteiger partial charge in [-0.1, -0.05) is 54.6 Å². The molecule has 0 aromatic heterocycles. The van der Waals surface area contributed by atoms with Crippen molar-refractivity contribution in [2.24, 2.45) is 0 Å². The van der Waals surface area contributed by atoms with Crippen LogP contribution in [0.2, 0.25) is 0 Å². The van der Waals surface area contributed by atoms with Crippen LogP contribution in [0.1, 0.15) is 64.4 Å². The van der Waals surface area contributed by atoms with Crippen LogP contribution in [0.15, 0.2) is 66.3 Å². The second-order valence-electron chi connectivity index (χ2n) is 6.85. The molecule has 28 heavy (non-hydrogen) atoms. The lowest BCUT2D eigenvalue weighted by atomic mass is 10.1. The van der Waals surface area contributed by atoms with Crippen LogP contribution in [0.25, 0.3) is 0 Å². The Labute approximate surface area is 170 Å². The number of unbranched alkanes of at least 4 members (excludes halogenated alkanes) is 3. The van der Waals surface area contributed by atoms with Crippen molar-refractivity contribution in [1.82, 2.24) is 5.32 Å². The van der Waals surface area contributed by atoms with Gasteiger partial charge in [0.05, 0.1) is 0 Å². The van der Waals surface area contributed by atoms with Gasteiger partial charge in [-0.25, -0.2) is 0 Å². The van der Waals surface area contributed by atoms with Crippen molar-refractivity contribution in [3.05, 3.63) is 71.8 Å². The molecule has 0 radical (unpaired) electrons. The van der Waals surface area contributed by atoms with Crippen molar-refractivity contribution in [2.45, 2.75) is 65.2 Å². The first kappa shape index (κ1) is 23.6. The minimum atomic E-state index is 0.164. The number of hydrogen-bond acceptors (Lipinski definition) is 2. The summed E-state index contributed by atoms with van der Waals surface area (Å²) >= 11 is 0. The summed E-state index contributed by atoms with van der Waals surface area (Å²) in [6, 6.07) is 10.6. The molecular formula is C25H35NO2. The van der Waals surface area contributed by atoms with Crippen LogP contribution in [0.5, 0.6) is 0 Å². The second kappa shape index (κ2) is 15.6. The van der Waals surface area contributed by atoms with Crippen molar-refractivity contribution in [1.29, 1.82) is 0 Å². The third-order valence-electron chi connectivity index (χ3n) is 4.46. The zero-order valence-electron chi connectivity index (χ0n) is 17.5. The molecule has 1 aliphatic carbocycles. The highest BCUT2D eigenvalue weighted by molar-refractivity contribution is 6.06. The topological polar surface area (TPSA) is 46.2 Å². The molecule has 152 valence electrons. The van der Waals surface area contributed by atoms with E-state index in [4.69, 9.17) is 0 Å². The fourth-order valence-electron chi connectivity index (χ4n) is 2.91. The zero-order chi connectivity index (χ0) is 20.5. The Morgan fingerprint density at radius 3 is 2.54 bits per heavy atom. The van der Waals surface area contributed by atoms with Gasteiger partial charge in [-0.2, -0.15) is 0 Å². The Balaban J connectivity index is 0.000000311. The maximum atomic E-state index is 11.3. The van der Waals surface area contributed by atoms with Gasteiger partial charge in [0, 0.05) is 13.0 Å². The number of amides is 1. The van der Waals surface area contributed by atoms with Gasteiger partial charge in [0.25, 0.3) is 0 Å². The minimum absolute atomic E-state index is 0.164. The molecule has 0 bridgehead atoms. The van der Waals surface area contributed by atoms with Gasteiger partial charge in [0.1, 0.15) is 0 Å². The average molecular weight is 382 g/mol. The lowest BCUT2D eigenvalue weighted by Gasteiger charge is -2.00. The zero-order valence-corrected chi connectivity index (χ0v) is 17.5. The summed E-state index contributed by atoms with van der Waals surface area (Å²) in [4.78, 5) is 22.2. The molecule has 1 aromatic rings. The molecule has 1 aliphatic rings. The number of nitrogens with one attached hydrogen (secondary N) is 1. The van der Waals surface area contributed by atoms with Gasteiger partial charge in [-0.3, -0.25) is 9.59 Å². The maximum absolute atomic E-state index is 11.3. The number of carbonyl (C=O) groups excluding carboxylic acids is 2. The molecule has 0 unspecified atom stereocenters. The van der Waals surface area contributed by atoms with Crippen molar-refractivity contribution in [3.8, 4) is 0 Å². The fourth-order valence-corrected chi connectivity index (χ4v) is 2.91. The quantitative estimate of drug-likeness (QED) is 0.320. The predicted octanol–water partition coefficient (Wildman–Crippen LogP) is 5.72. The summed E-state index contributed by atoms with van der Waals surface area (Å²) in [5.41, 5.74) is 2.38. The molecule has 1 aromatic carbocycles. The van der Waals surface area contributed by atoms with Crippen LogP contribution in [-0.4, -0.2) is 18.2 Å². The Bertz CT molecular complexity index is 656. The van der Waals surface area contributed by atoms with Gasteiger partial charge in [0.15, 0.2) is 5.78 Å². The summed E-state index contributed by atoms with van der Waals surface area (Å²) < 4.78 is 0. The highest BCUT2D eigenvalue weighted by Crippen LogP contribution is 2.15. The van der Waals surface area contributed by atoms with Crippen molar-refractivity contribution >= 4 is 11.7 Å². The molecule has 0 saturated heterocycles. The van der Waals surface area contributed by atoms with E-state index in [-0.39, 0.29) is 11.7 Å². The summed E-state index contributed by atoms with van der Waals surface area (Å²) in [5.74, 6) is 0.366. The number of aryl methyl sites for hydroxylation is 1. The van der Waals surface area contributed by atoms with E-state index in [0.29, 0.717) is 6.42 Å². The van der Waals surface area contributed by atoms with Crippen LogP contribution in [0.3, 0.4) is 0 Å². The number of rotatable bonds is 10. The molecule has 0 spiro atoms. The summed E-state index contributed by atoms with van der Waals surface area (Å²) in [6.45, 7) is 4.67. The molecule has 0 aliphatic heterocycles. The number of allylic oxidation sites excluding steroid dienone is 6. The van der Waals surface area contributed by atoms with Crippen LogP contribution in [0.4, 0.5) is 0 Å². The van der Waals surface area contributed by atoms with Gasteiger partial charge < -0.3 is 5.32 Å². The van der Waals surface area contributed by atoms with E-state index in [0.717, 1.165) is 50.6 Å². The van der Waals surface area contributed by atoms with Crippen LogP contribution < -0.4 is 5.32 Å². The number of benzene rings is 1. The molecule has 3 nitrogen and oxygen atoms in total. The molecule has 0 fully saturated rings. The van der Waals surface area contributed by atoms with E-state index in [2.05, 4.69) is 41.7 Å². The Hall–Kier alpha value is -2.42. The summed E-state index contributed by atoms with van der Waals surface area (Å²) in [6.07, 6.45) is 17.8. The van der Waals surface area contributed by atoms with Crippen LogP contribution in [0, 0.1) is 0 Å². The first-order valence-corrected chi connectivity index (χ1v) is 10.5. The van der Waals surface area contributed by atoms with Gasteiger partial charge in [0.2, 0.25) is 5.91 Å². The van der Waals surface area contributed by atoms with Crippen LogP contribution in [-0.2, 0) is 16.0 Å². The van der Waals surface area contributed by atoms with E-state index in [1.165, 1.54) is 12.0 Å². The highest BCUT2D eigenvalue weighted by Gasteiger charge is 2.09. The van der Waals surface area contributed by atoms with E-state index in [1.807, 2.05) is 32.1 Å². The second-order valence-corrected chi connectivity index (χ2v) is 6.85. The van der Waals surface area contributed by atoms with Crippen molar-refractivity contribution in [2.75, 3.05) is 6.54 Å². The minimum Gasteiger partial charge on any atom is -0.356 e. The van der Waals surface area contributed by atoms with Crippen LogP contribution >= 0.6 is 0 Å².